The minimum atomic E-state index is -0.208. The Morgan fingerprint density at radius 3 is 3.09 bits per heavy atom. The zero-order valence-corrected chi connectivity index (χ0v) is 13.2. The number of nitrogens with one attached hydrogen (secondary N) is 1. The number of aromatic nitrogens is 3. The van der Waals surface area contributed by atoms with Gasteiger partial charge in [0.25, 0.3) is 5.91 Å². The number of aryl methyl sites for hydroxylation is 2. The van der Waals surface area contributed by atoms with Crippen molar-refractivity contribution < 1.29 is 14.1 Å². The van der Waals surface area contributed by atoms with Crippen molar-refractivity contribution in [1.82, 2.24) is 20.0 Å². The molecule has 1 aliphatic heterocycles. The summed E-state index contributed by atoms with van der Waals surface area (Å²) in [5.74, 6) is 1.55. The molecule has 23 heavy (non-hydrogen) atoms. The predicted octanol–water partition coefficient (Wildman–Crippen LogP) is 1.80. The van der Waals surface area contributed by atoms with E-state index in [9.17, 15) is 4.79 Å². The minimum Gasteiger partial charge on any atom is -0.377 e. The summed E-state index contributed by atoms with van der Waals surface area (Å²) < 4.78 is 11.0. The number of amides is 1. The van der Waals surface area contributed by atoms with Crippen LogP contribution >= 0.6 is 0 Å². The Labute approximate surface area is 134 Å². The van der Waals surface area contributed by atoms with Crippen molar-refractivity contribution in [3.05, 3.63) is 34.7 Å². The van der Waals surface area contributed by atoms with Gasteiger partial charge in [-0.25, -0.2) is 4.98 Å². The molecule has 1 N–H and O–H groups in total. The Morgan fingerprint density at radius 1 is 1.39 bits per heavy atom. The maximum atomic E-state index is 13.0. The van der Waals surface area contributed by atoms with Crippen LogP contribution in [0.1, 0.15) is 52.2 Å². The van der Waals surface area contributed by atoms with Crippen LogP contribution in [0.5, 0.6) is 0 Å². The molecule has 1 unspecified atom stereocenters. The smallest absolute Gasteiger partial charge is 0.277 e. The van der Waals surface area contributed by atoms with E-state index in [1.165, 1.54) is 0 Å². The number of hydrogen-bond acceptors (Lipinski definition) is 5. The van der Waals surface area contributed by atoms with Gasteiger partial charge < -0.3 is 19.1 Å². The molecule has 1 atom stereocenters. The fourth-order valence-corrected chi connectivity index (χ4v) is 3.36. The Bertz CT molecular complexity index is 721. The maximum Gasteiger partial charge on any atom is 0.277 e. The van der Waals surface area contributed by atoms with Crippen molar-refractivity contribution in [3.8, 4) is 0 Å². The van der Waals surface area contributed by atoms with Crippen molar-refractivity contribution in [3.63, 3.8) is 0 Å². The number of nitrogens with zero attached hydrogens (tertiary/aromatic N) is 3. The van der Waals surface area contributed by atoms with Gasteiger partial charge in [0, 0.05) is 30.4 Å². The number of ether oxygens (including phenoxy) is 1. The molecule has 1 amide bonds. The monoisotopic (exact) mass is 316 g/mol. The van der Waals surface area contributed by atoms with Gasteiger partial charge in [0.05, 0.1) is 13.2 Å². The first-order chi connectivity index (χ1) is 11.2. The molecule has 7 heteroatoms. The average Bonchev–Trinajstić information content (AvgIpc) is 3.20. The minimum absolute atomic E-state index is 0.0840. The third-order valence-corrected chi connectivity index (χ3v) is 4.58. The predicted molar refractivity (Wildman–Crippen MR) is 81.1 cm³/mol. The first kappa shape index (κ1) is 14.4. The van der Waals surface area contributed by atoms with Gasteiger partial charge in [-0.1, -0.05) is 5.16 Å². The van der Waals surface area contributed by atoms with Gasteiger partial charge in [-0.3, -0.25) is 4.79 Å². The van der Waals surface area contributed by atoms with Crippen LogP contribution in [0.15, 0.2) is 10.7 Å². The molecule has 0 aromatic carbocycles. The summed E-state index contributed by atoms with van der Waals surface area (Å²) in [6.07, 6.45) is 5.69. The van der Waals surface area contributed by atoms with Crippen LogP contribution in [-0.2, 0) is 17.6 Å². The highest BCUT2D eigenvalue weighted by Gasteiger charge is 2.35. The largest absolute Gasteiger partial charge is 0.377 e. The Morgan fingerprint density at radius 2 is 2.26 bits per heavy atom. The number of H-pyrrole nitrogens is 1. The zero-order chi connectivity index (χ0) is 15.8. The number of rotatable bonds is 2. The van der Waals surface area contributed by atoms with Crippen LogP contribution in [0.3, 0.4) is 0 Å². The van der Waals surface area contributed by atoms with Gasteiger partial charge in [0.1, 0.15) is 17.6 Å². The molecule has 0 spiro atoms. The summed E-state index contributed by atoms with van der Waals surface area (Å²) in [4.78, 5) is 22.4. The highest BCUT2D eigenvalue weighted by molar-refractivity contribution is 5.94. The lowest BCUT2D eigenvalue weighted by Gasteiger charge is -2.34. The van der Waals surface area contributed by atoms with E-state index in [4.69, 9.17) is 9.26 Å². The number of carbonyl (C=O) groups excluding carboxylic acids is 1. The fourth-order valence-electron chi connectivity index (χ4n) is 3.36. The van der Waals surface area contributed by atoms with Gasteiger partial charge in [-0.2, -0.15) is 0 Å². The molecule has 0 bridgehead atoms. The van der Waals surface area contributed by atoms with E-state index in [0.717, 1.165) is 48.5 Å². The van der Waals surface area contributed by atoms with E-state index in [2.05, 4.69) is 15.1 Å². The third-order valence-electron chi connectivity index (χ3n) is 4.58. The number of morpholine rings is 1. The summed E-state index contributed by atoms with van der Waals surface area (Å²) in [7, 11) is 0. The molecule has 0 radical (unpaired) electrons. The van der Waals surface area contributed by atoms with E-state index in [1.807, 2.05) is 6.92 Å². The lowest BCUT2D eigenvalue weighted by atomic mass is 9.96. The Kier molecular flexibility index (Phi) is 3.65. The van der Waals surface area contributed by atoms with Gasteiger partial charge in [0.2, 0.25) is 0 Å². The first-order valence-electron chi connectivity index (χ1n) is 8.11. The summed E-state index contributed by atoms with van der Waals surface area (Å²) in [5, 5.41) is 4.07. The summed E-state index contributed by atoms with van der Waals surface area (Å²) in [6.45, 7) is 3.45. The molecule has 2 aliphatic rings. The maximum absolute atomic E-state index is 13.0. The molecule has 2 aromatic rings. The molecular formula is C16H20N4O3. The van der Waals surface area contributed by atoms with Crippen LogP contribution < -0.4 is 0 Å². The van der Waals surface area contributed by atoms with Gasteiger partial charge in [0.15, 0.2) is 5.69 Å². The molecule has 4 rings (SSSR count). The van der Waals surface area contributed by atoms with Crippen LogP contribution in [0.2, 0.25) is 0 Å². The second-order valence-corrected chi connectivity index (χ2v) is 6.18. The Balaban J connectivity index is 1.64. The van der Waals surface area contributed by atoms with E-state index >= 15 is 0 Å². The van der Waals surface area contributed by atoms with Crippen LogP contribution in [0.4, 0.5) is 0 Å². The Hall–Kier alpha value is -2.15. The average molecular weight is 316 g/mol. The quantitative estimate of drug-likeness (QED) is 0.913. The molecule has 1 aliphatic carbocycles. The molecular weight excluding hydrogens is 296 g/mol. The number of hydrogen-bond donors (Lipinski definition) is 1. The van der Waals surface area contributed by atoms with Crippen molar-refractivity contribution >= 4 is 5.91 Å². The van der Waals surface area contributed by atoms with Crippen molar-refractivity contribution in [1.29, 1.82) is 0 Å². The highest BCUT2D eigenvalue weighted by atomic mass is 16.5. The second-order valence-electron chi connectivity index (χ2n) is 6.18. The van der Waals surface area contributed by atoms with Crippen LogP contribution in [-0.4, -0.2) is 45.7 Å². The molecule has 1 fully saturated rings. The fraction of sp³-hybridized carbons (Fsp3) is 0.562. The lowest BCUT2D eigenvalue weighted by molar-refractivity contribution is -0.00555. The molecule has 0 saturated carbocycles. The molecule has 1 saturated heterocycles. The first-order valence-corrected chi connectivity index (χ1v) is 8.11. The SMILES string of the molecule is Cc1cnc(C2COCCN2C(=O)c2noc3c2CCCC3)[nH]1. The molecule has 122 valence electrons. The molecule has 3 heterocycles. The van der Waals surface area contributed by atoms with E-state index in [1.54, 1.807) is 11.1 Å². The van der Waals surface area contributed by atoms with Crippen LogP contribution in [0.25, 0.3) is 0 Å². The summed E-state index contributed by atoms with van der Waals surface area (Å²) in [6, 6.07) is -0.208. The van der Waals surface area contributed by atoms with Crippen molar-refractivity contribution in [2.24, 2.45) is 0 Å². The second kappa shape index (κ2) is 5.81. The van der Waals surface area contributed by atoms with Crippen molar-refractivity contribution in [2.45, 2.75) is 38.6 Å². The number of carbonyl (C=O) groups is 1. The normalized spacial score (nSPS) is 21.3. The van der Waals surface area contributed by atoms with Gasteiger partial charge in [-0.05, 0) is 26.2 Å². The standard InChI is InChI=1S/C16H20N4O3/c1-10-8-17-15(18-10)12-9-22-7-6-20(12)16(21)14-11-4-2-3-5-13(11)23-19-14/h8,12H,2-7,9H2,1H3,(H,17,18). The topological polar surface area (TPSA) is 84.2 Å². The third kappa shape index (κ3) is 2.55. The summed E-state index contributed by atoms with van der Waals surface area (Å²) >= 11 is 0. The number of imidazole rings is 1. The van der Waals surface area contributed by atoms with Crippen molar-refractivity contribution in [2.75, 3.05) is 19.8 Å². The van der Waals surface area contributed by atoms with Crippen LogP contribution in [0, 0.1) is 6.92 Å². The number of fused-ring (bicyclic) bond motifs is 1. The lowest BCUT2D eigenvalue weighted by Crippen LogP contribution is -2.44. The molecule has 2 aromatic heterocycles. The van der Waals surface area contributed by atoms with Gasteiger partial charge >= 0.3 is 0 Å². The number of aromatic amines is 1. The zero-order valence-electron chi connectivity index (χ0n) is 13.2. The van der Waals surface area contributed by atoms with E-state index < -0.39 is 0 Å². The van der Waals surface area contributed by atoms with Gasteiger partial charge in [-0.15, -0.1) is 0 Å². The van der Waals surface area contributed by atoms with E-state index in [-0.39, 0.29) is 11.9 Å². The van der Waals surface area contributed by atoms with E-state index in [0.29, 0.717) is 25.5 Å². The highest BCUT2D eigenvalue weighted by Crippen LogP contribution is 2.28. The molecule has 7 nitrogen and oxygen atoms in total. The summed E-state index contributed by atoms with van der Waals surface area (Å²) in [5.41, 5.74) is 2.42.